The van der Waals surface area contributed by atoms with Crippen molar-refractivity contribution < 1.29 is 4.79 Å². The van der Waals surface area contributed by atoms with Crippen LogP contribution in [0.4, 0.5) is 0 Å². The Kier molecular flexibility index (Phi) is 4.28. The lowest BCUT2D eigenvalue weighted by atomic mass is 9.74. The van der Waals surface area contributed by atoms with Crippen molar-refractivity contribution >= 4 is 17.5 Å². The number of hydrogen-bond donors (Lipinski definition) is 0. The number of likely N-dealkylation sites (tertiary alicyclic amines) is 1. The monoisotopic (exact) mass is 358 g/mol. The largest absolute Gasteiger partial charge is 0.342 e. The second kappa shape index (κ2) is 6.45. The number of rotatable bonds is 2. The smallest absolute Gasteiger partial charge is 0.227 e. The summed E-state index contributed by atoms with van der Waals surface area (Å²) in [6.07, 6.45) is 5.44. The van der Waals surface area contributed by atoms with E-state index in [1.807, 2.05) is 16.7 Å². The normalized spacial score (nSPS) is 22.5. The Balaban J connectivity index is 1.40. The number of carbonyl (C=O) groups is 1. The molecule has 4 rings (SSSR count). The highest BCUT2D eigenvalue weighted by molar-refractivity contribution is 6.30. The van der Waals surface area contributed by atoms with Gasteiger partial charge in [0.2, 0.25) is 5.91 Å². The highest BCUT2D eigenvalue weighted by Gasteiger charge is 2.36. The van der Waals surface area contributed by atoms with Gasteiger partial charge in [0.05, 0.1) is 5.92 Å². The third kappa shape index (κ3) is 3.17. The molecule has 0 N–H and O–H groups in total. The second-order valence-electron chi connectivity index (χ2n) is 7.53. The van der Waals surface area contributed by atoms with Gasteiger partial charge in [0.25, 0.3) is 0 Å². The van der Waals surface area contributed by atoms with Crippen molar-refractivity contribution in [3.8, 4) is 0 Å². The predicted octanol–water partition coefficient (Wildman–Crippen LogP) is 3.07. The molecule has 2 aliphatic heterocycles. The minimum atomic E-state index is 0.0587. The summed E-state index contributed by atoms with van der Waals surface area (Å²) in [4.78, 5) is 15.0. The van der Waals surface area contributed by atoms with Crippen molar-refractivity contribution in [1.29, 1.82) is 0 Å². The molecule has 0 aliphatic carbocycles. The van der Waals surface area contributed by atoms with Crippen LogP contribution >= 0.6 is 11.6 Å². The Morgan fingerprint density at radius 3 is 2.68 bits per heavy atom. The minimum Gasteiger partial charge on any atom is -0.342 e. The fraction of sp³-hybridized carbons (Fsp3) is 0.526. The SMILES string of the molecule is CC1(c2ccc(Cl)cc2)CCN(C(=O)[C@H]2CCc3nncn3C2)CC1. The average molecular weight is 359 g/mol. The lowest BCUT2D eigenvalue weighted by Crippen LogP contribution is -2.47. The zero-order chi connectivity index (χ0) is 17.4. The molecular weight excluding hydrogens is 336 g/mol. The molecule has 1 fully saturated rings. The first kappa shape index (κ1) is 16.6. The van der Waals surface area contributed by atoms with E-state index in [4.69, 9.17) is 11.6 Å². The number of fused-ring (bicyclic) bond motifs is 1. The zero-order valence-electron chi connectivity index (χ0n) is 14.5. The van der Waals surface area contributed by atoms with Gasteiger partial charge < -0.3 is 9.47 Å². The molecule has 5 nitrogen and oxygen atoms in total. The molecule has 1 aromatic heterocycles. The molecule has 1 atom stereocenters. The van der Waals surface area contributed by atoms with E-state index in [1.165, 1.54) is 5.56 Å². The molecule has 0 radical (unpaired) electrons. The maximum absolute atomic E-state index is 12.9. The van der Waals surface area contributed by atoms with Crippen LogP contribution in [0.3, 0.4) is 0 Å². The summed E-state index contributed by atoms with van der Waals surface area (Å²) in [6.45, 7) is 4.65. The maximum atomic E-state index is 12.9. The fourth-order valence-electron chi connectivity index (χ4n) is 4.08. The highest BCUT2D eigenvalue weighted by atomic mass is 35.5. The lowest BCUT2D eigenvalue weighted by Gasteiger charge is -2.41. The van der Waals surface area contributed by atoms with Crippen molar-refractivity contribution in [2.45, 2.75) is 44.6 Å². The molecule has 2 aliphatic rings. The molecule has 0 spiro atoms. The summed E-state index contributed by atoms with van der Waals surface area (Å²) in [6, 6.07) is 8.15. The van der Waals surface area contributed by atoms with Crippen LogP contribution in [0, 0.1) is 5.92 Å². The molecule has 132 valence electrons. The van der Waals surface area contributed by atoms with E-state index < -0.39 is 0 Å². The minimum absolute atomic E-state index is 0.0587. The van der Waals surface area contributed by atoms with Crippen LogP contribution in [-0.2, 0) is 23.2 Å². The Hall–Kier alpha value is -1.88. The summed E-state index contributed by atoms with van der Waals surface area (Å²) in [5.41, 5.74) is 1.44. The van der Waals surface area contributed by atoms with E-state index in [9.17, 15) is 4.79 Å². The average Bonchev–Trinajstić information content (AvgIpc) is 3.10. The number of amides is 1. The van der Waals surface area contributed by atoms with Gasteiger partial charge in [-0.1, -0.05) is 30.7 Å². The molecule has 0 saturated carbocycles. The molecule has 25 heavy (non-hydrogen) atoms. The summed E-state index contributed by atoms with van der Waals surface area (Å²) in [5, 5.41) is 8.82. The molecule has 0 unspecified atom stereocenters. The van der Waals surface area contributed by atoms with E-state index in [1.54, 1.807) is 6.33 Å². The van der Waals surface area contributed by atoms with Crippen molar-refractivity contribution in [3.05, 3.63) is 47.0 Å². The van der Waals surface area contributed by atoms with Gasteiger partial charge >= 0.3 is 0 Å². The van der Waals surface area contributed by atoms with Crippen LogP contribution in [0.25, 0.3) is 0 Å². The van der Waals surface area contributed by atoms with E-state index in [2.05, 4.69) is 34.2 Å². The van der Waals surface area contributed by atoms with E-state index in [0.717, 1.165) is 49.6 Å². The number of benzene rings is 1. The van der Waals surface area contributed by atoms with Gasteiger partial charge in [-0.25, -0.2) is 0 Å². The fourth-order valence-corrected chi connectivity index (χ4v) is 4.20. The number of aromatic nitrogens is 3. The van der Waals surface area contributed by atoms with Gasteiger partial charge in [-0.15, -0.1) is 10.2 Å². The number of piperidine rings is 1. The number of hydrogen-bond acceptors (Lipinski definition) is 3. The number of carbonyl (C=O) groups excluding carboxylic acids is 1. The molecule has 2 aromatic rings. The quantitative estimate of drug-likeness (QED) is 0.829. The first-order chi connectivity index (χ1) is 12.0. The molecule has 3 heterocycles. The van der Waals surface area contributed by atoms with Gasteiger partial charge in [0, 0.05) is 31.1 Å². The second-order valence-corrected chi connectivity index (χ2v) is 7.96. The Labute approximate surface area is 153 Å². The van der Waals surface area contributed by atoms with E-state index in [0.29, 0.717) is 6.54 Å². The molecular formula is C19H23ClN4O. The Morgan fingerprint density at radius 2 is 1.96 bits per heavy atom. The third-order valence-corrected chi connectivity index (χ3v) is 6.15. The van der Waals surface area contributed by atoms with Crippen LogP contribution in [0.5, 0.6) is 0 Å². The number of aryl methyl sites for hydroxylation is 1. The molecule has 1 amide bonds. The number of nitrogens with zero attached hydrogens (tertiary/aromatic N) is 4. The van der Waals surface area contributed by atoms with Crippen LogP contribution in [0.1, 0.15) is 37.6 Å². The molecule has 1 saturated heterocycles. The summed E-state index contributed by atoms with van der Waals surface area (Å²) in [5.74, 6) is 1.35. The molecule has 6 heteroatoms. The van der Waals surface area contributed by atoms with Crippen LogP contribution in [-0.4, -0.2) is 38.7 Å². The predicted molar refractivity (Wildman–Crippen MR) is 96.5 cm³/mol. The zero-order valence-corrected chi connectivity index (χ0v) is 15.2. The van der Waals surface area contributed by atoms with Crippen molar-refractivity contribution in [3.63, 3.8) is 0 Å². The first-order valence-electron chi connectivity index (χ1n) is 8.97. The molecule has 0 bridgehead atoms. The van der Waals surface area contributed by atoms with Crippen molar-refractivity contribution in [2.24, 2.45) is 5.92 Å². The van der Waals surface area contributed by atoms with Crippen LogP contribution in [0.2, 0.25) is 5.02 Å². The number of halogens is 1. The van der Waals surface area contributed by atoms with Gasteiger partial charge in [-0.2, -0.15) is 0 Å². The van der Waals surface area contributed by atoms with Crippen molar-refractivity contribution in [2.75, 3.05) is 13.1 Å². The summed E-state index contributed by atoms with van der Waals surface area (Å²) in [7, 11) is 0. The highest BCUT2D eigenvalue weighted by Crippen LogP contribution is 2.36. The van der Waals surface area contributed by atoms with Gasteiger partial charge in [0.1, 0.15) is 12.2 Å². The Morgan fingerprint density at radius 1 is 1.24 bits per heavy atom. The van der Waals surface area contributed by atoms with Crippen LogP contribution < -0.4 is 0 Å². The van der Waals surface area contributed by atoms with Gasteiger partial charge in [0.15, 0.2) is 0 Å². The standard InChI is InChI=1S/C19H23ClN4O/c1-19(15-3-5-16(20)6-4-15)8-10-23(11-9-19)18(25)14-2-7-17-22-21-13-24(17)12-14/h3-6,13-14H,2,7-12H2,1H3/t14-/m0/s1. The lowest BCUT2D eigenvalue weighted by molar-refractivity contribution is -0.138. The molecule has 1 aromatic carbocycles. The van der Waals surface area contributed by atoms with Crippen molar-refractivity contribution in [1.82, 2.24) is 19.7 Å². The van der Waals surface area contributed by atoms with Crippen LogP contribution in [0.15, 0.2) is 30.6 Å². The Bertz CT molecular complexity index is 762. The van der Waals surface area contributed by atoms with E-state index in [-0.39, 0.29) is 17.2 Å². The van der Waals surface area contributed by atoms with Gasteiger partial charge in [-0.05, 0) is 42.4 Å². The first-order valence-corrected chi connectivity index (χ1v) is 9.34. The topological polar surface area (TPSA) is 51.0 Å². The van der Waals surface area contributed by atoms with Gasteiger partial charge in [-0.3, -0.25) is 4.79 Å². The maximum Gasteiger partial charge on any atom is 0.227 e. The van der Waals surface area contributed by atoms with E-state index >= 15 is 0 Å². The summed E-state index contributed by atoms with van der Waals surface area (Å²) >= 11 is 6.01. The summed E-state index contributed by atoms with van der Waals surface area (Å²) < 4.78 is 2.02. The third-order valence-electron chi connectivity index (χ3n) is 5.90.